The van der Waals surface area contributed by atoms with Crippen LogP contribution in [0.5, 0.6) is 0 Å². The summed E-state index contributed by atoms with van der Waals surface area (Å²) in [5.74, 6) is -2.46. The Kier molecular flexibility index (Phi) is 19.6. The number of likely N-dealkylation sites (N-methyl/N-ethyl adjacent to an activating group) is 2. The summed E-state index contributed by atoms with van der Waals surface area (Å²) in [6, 6.07) is 7.41. The number of amides is 5. The largest absolute Gasteiger partial charge is 0.361 e. The zero-order valence-corrected chi connectivity index (χ0v) is 39.8. The SMILES string of the molecule is C=CC(=O)Cl.C=CC(=O)N(C)[C@@H](C)C(=O)CCCNC(=O)c1c[nH]c(/C=C2\C(=O)Nc3ccc(F)cc32)c1C.CN[C@@H](C)C(=O)CCCNC(=O)c1c[nH]c(/C=C2\C(=O)Nc3ccc(F)cc32)c1C. The molecule has 0 saturated heterocycles. The number of fused-ring (bicyclic) bond motifs is 2. The molecule has 0 spiro atoms. The van der Waals surface area contributed by atoms with E-state index in [1.54, 1.807) is 66.3 Å². The van der Waals surface area contributed by atoms with Gasteiger partial charge in [-0.05, 0) is 131 Å². The van der Waals surface area contributed by atoms with Crippen molar-refractivity contribution in [3.63, 3.8) is 0 Å². The quantitative estimate of drug-likeness (QED) is 0.0321. The highest BCUT2D eigenvalue weighted by Crippen LogP contribution is 2.35. The number of halogens is 3. The lowest BCUT2D eigenvalue weighted by Crippen LogP contribution is -2.39. The van der Waals surface area contributed by atoms with Crippen LogP contribution >= 0.6 is 11.6 Å². The molecule has 19 heteroatoms. The van der Waals surface area contributed by atoms with Crippen LogP contribution in [0.2, 0.25) is 0 Å². The maximum Gasteiger partial charge on any atom is 0.256 e. The van der Waals surface area contributed by atoms with Gasteiger partial charge in [0.05, 0.1) is 34.4 Å². The molecule has 0 saturated carbocycles. The van der Waals surface area contributed by atoms with Crippen LogP contribution in [0.1, 0.15) is 93.9 Å². The first-order chi connectivity index (χ1) is 32.7. The van der Waals surface area contributed by atoms with E-state index in [0.29, 0.717) is 93.1 Å². The van der Waals surface area contributed by atoms with Crippen LogP contribution in [-0.4, -0.2) is 100 Å². The number of hydrogen-bond acceptors (Lipinski definition) is 9. The number of carbonyl (C=O) groups is 8. The van der Waals surface area contributed by atoms with Gasteiger partial charge < -0.3 is 41.5 Å². The number of anilines is 2. The molecule has 6 rings (SSSR count). The first kappa shape index (κ1) is 54.0. The summed E-state index contributed by atoms with van der Waals surface area (Å²) in [5, 5.41) is 13.4. The first-order valence-electron chi connectivity index (χ1n) is 21.7. The van der Waals surface area contributed by atoms with Gasteiger partial charge in [-0.25, -0.2) is 8.78 Å². The van der Waals surface area contributed by atoms with E-state index in [1.165, 1.54) is 41.3 Å². The molecule has 2 aromatic carbocycles. The molecule has 0 unspecified atom stereocenters. The van der Waals surface area contributed by atoms with Gasteiger partial charge in [-0.2, -0.15) is 0 Å². The number of nitrogens with zero attached hydrogens (tertiary/aromatic N) is 1. The Morgan fingerprint density at radius 2 is 1.14 bits per heavy atom. The Morgan fingerprint density at radius 3 is 1.54 bits per heavy atom. The van der Waals surface area contributed by atoms with E-state index >= 15 is 0 Å². The van der Waals surface area contributed by atoms with Gasteiger partial charge in [0.25, 0.3) is 23.6 Å². The predicted molar refractivity (Wildman–Crippen MR) is 262 cm³/mol. The van der Waals surface area contributed by atoms with Crippen molar-refractivity contribution in [1.29, 1.82) is 0 Å². The van der Waals surface area contributed by atoms with Crippen molar-refractivity contribution in [2.24, 2.45) is 0 Å². The summed E-state index contributed by atoms with van der Waals surface area (Å²) in [6.45, 7) is 14.1. The lowest BCUT2D eigenvalue weighted by Gasteiger charge is -2.22. The second-order valence-electron chi connectivity index (χ2n) is 15.9. The minimum Gasteiger partial charge on any atom is -0.361 e. The molecule has 364 valence electrons. The molecule has 2 aliphatic heterocycles. The van der Waals surface area contributed by atoms with Gasteiger partial charge in [0.15, 0.2) is 5.78 Å². The van der Waals surface area contributed by atoms with Crippen LogP contribution in [0, 0.1) is 25.5 Å². The molecule has 0 radical (unpaired) electrons. The van der Waals surface area contributed by atoms with E-state index in [1.807, 2.05) is 0 Å². The zero-order valence-electron chi connectivity index (χ0n) is 39.1. The fraction of sp³-hybridized carbons (Fsp3) is 0.280. The van der Waals surface area contributed by atoms with Gasteiger partial charge in [0.2, 0.25) is 11.1 Å². The van der Waals surface area contributed by atoms with Crippen LogP contribution in [0.25, 0.3) is 23.3 Å². The fourth-order valence-electron chi connectivity index (χ4n) is 6.95. The number of benzene rings is 2. The van der Waals surface area contributed by atoms with Crippen molar-refractivity contribution in [1.82, 2.24) is 30.8 Å². The highest BCUT2D eigenvalue weighted by molar-refractivity contribution is 6.66. The average Bonchev–Trinajstić information content (AvgIpc) is 4.07. The van der Waals surface area contributed by atoms with Crippen molar-refractivity contribution in [3.05, 3.63) is 131 Å². The lowest BCUT2D eigenvalue weighted by atomic mass is 10.0. The molecule has 2 aliphatic rings. The summed E-state index contributed by atoms with van der Waals surface area (Å²) < 4.78 is 27.3. The Bertz CT molecular complexity index is 2740. The molecule has 4 aromatic rings. The summed E-state index contributed by atoms with van der Waals surface area (Å²) >= 11 is 4.71. The number of hydrogen-bond donors (Lipinski definition) is 7. The number of aromatic amines is 2. The number of carbonyl (C=O) groups excluding carboxylic acids is 8. The maximum absolute atomic E-state index is 13.7. The maximum atomic E-state index is 13.7. The molecule has 4 heterocycles. The van der Waals surface area contributed by atoms with E-state index in [2.05, 4.69) is 49.7 Å². The van der Waals surface area contributed by atoms with Crippen molar-refractivity contribution in [2.45, 2.75) is 65.5 Å². The molecule has 7 N–H and O–H groups in total. The molecule has 2 atom stereocenters. The van der Waals surface area contributed by atoms with E-state index in [0.717, 1.165) is 12.2 Å². The molecule has 5 amide bonds. The second-order valence-corrected chi connectivity index (χ2v) is 16.3. The number of nitrogens with one attached hydrogen (secondary N) is 7. The number of H-pyrrole nitrogens is 2. The van der Waals surface area contributed by atoms with Crippen molar-refractivity contribution >= 4 is 92.6 Å². The second kappa shape index (κ2) is 25.0. The van der Waals surface area contributed by atoms with Crippen LogP contribution < -0.4 is 26.6 Å². The summed E-state index contributed by atoms with van der Waals surface area (Å²) in [6.07, 6.45) is 10.1. The minimum atomic E-state index is -0.574. The Balaban J connectivity index is 0.000000275. The third-order valence-corrected chi connectivity index (χ3v) is 11.5. The molecule has 2 aromatic heterocycles. The van der Waals surface area contributed by atoms with Crippen molar-refractivity contribution in [3.8, 4) is 0 Å². The zero-order chi connectivity index (χ0) is 51.1. The van der Waals surface area contributed by atoms with Gasteiger partial charge in [0, 0.05) is 79.3 Å². The molecule has 16 nitrogen and oxygen atoms in total. The predicted octanol–water partition coefficient (Wildman–Crippen LogP) is 6.65. The molecular weight excluding hydrogens is 914 g/mol. The monoisotopic (exact) mass is 968 g/mol. The molecule has 0 bridgehead atoms. The number of allylic oxidation sites excluding steroid dienone is 1. The lowest BCUT2D eigenvalue weighted by molar-refractivity contribution is -0.134. The third kappa shape index (κ3) is 14.2. The van der Waals surface area contributed by atoms with Crippen molar-refractivity contribution < 1.29 is 47.1 Å². The standard InChI is InChI=1S/C25H27FN4O4.C22H25FN4O3.C3H3ClO/c1-5-23(32)30(4)15(3)22(31)7-6-10-27-24(33)19-13-28-21(14(19)2)12-18-17-11-16(26)8-9-20(17)29-25(18)34;1-12-17(21(29)25-8-4-5-20(28)13(2)24-3)11-26-19(12)10-16-15-9-14(23)6-7-18(15)27-22(16)30;1-2-3(4)5/h5,8-9,11-13,15,28H,1,6-7,10H2,2-4H3,(H,27,33)(H,29,34);6-7,9-11,13,24,26H,4-5,8H2,1-3H3,(H,25,29)(H,27,30);2H,1H2/b18-12-;16-10-;/t15-;13-;/m00./s1. The van der Waals surface area contributed by atoms with Gasteiger partial charge in [-0.3, -0.25) is 38.4 Å². The number of Topliss-reactive ketones (excluding diaryl/α,β-unsaturated/α-hetero) is 2. The third-order valence-electron chi connectivity index (χ3n) is 11.4. The highest BCUT2D eigenvalue weighted by Gasteiger charge is 2.27. The Morgan fingerprint density at radius 1 is 0.725 bits per heavy atom. The Hall–Kier alpha value is -7.57. The summed E-state index contributed by atoms with van der Waals surface area (Å²) in [5.41, 5.74) is 6.00. The Labute approximate surface area is 403 Å². The van der Waals surface area contributed by atoms with Crippen LogP contribution in [0.3, 0.4) is 0 Å². The molecular formula is C50H55ClF2N8O8. The summed E-state index contributed by atoms with van der Waals surface area (Å²) in [7, 11) is 3.27. The van der Waals surface area contributed by atoms with Gasteiger partial charge in [-0.1, -0.05) is 13.2 Å². The van der Waals surface area contributed by atoms with Gasteiger partial charge >= 0.3 is 0 Å². The van der Waals surface area contributed by atoms with E-state index < -0.39 is 22.9 Å². The van der Waals surface area contributed by atoms with Gasteiger partial charge in [-0.15, -0.1) is 0 Å². The van der Waals surface area contributed by atoms with E-state index in [9.17, 15) is 47.1 Å². The van der Waals surface area contributed by atoms with E-state index in [4.69, 9.17) is 11.6 Å². The van der Waals surface area contributed by atoms with Crippen LogP contribution in [0.4, 0.5) is 20.2 Å². The average molecular weight is 969 g/mol. The normalized spacial score (nSPS) is 14.1. The summed E-state index contributed by atoms with van der Waals surface area (Å²) in [4.78, 5) is 102. The van der Waals surface area contributed by atoms with Crippen LogP contribution in [-0.2, 0) is 28.8 Å². The van der Waals surface area contributed by atoms with Gasteiger partial charge in [0.1, 0.15) is 17.4 Å². The van der Waals surface area contributed by atoms with Crippen LogP contribution in [0.15, 0.2) is 74.1 Å². The molecule has 0 fully saturated rings. The van der Waals surface area contributed by atoms with E-state index in [-0.39, 0.29) is 60.1 Å². The smallest absolute Gasteiger partial charge is 0.256 e. The fourth-order valence-corrected chi connectivity index (χ4v) is 6.95. The number of ketones is 2. The first-order valence-corrected chi connectivity index (χ1v) is 22.1. The number of rotatable bonds is 18. The topological polar surface area (TPSA) is 232 Å². The molecule has 0 aliphatic carbocycles. The number of aromatic nitrogens is 2. The minimum absolute atomic E-state index is 0.102. The molecule has 69 heavy (non-hydrogen) atoms. The van der Waals surface area contributed by atoms with Crippen molar-refractivity contribution in [2.75, 3.05) is 37.8 Å². The highest BCUT2D eigenvalue weighted by atomic mass is 35.5.